The van der Waals surface area contributed by atoms with Crippen molar-refractivity contribution in [1.82, 2.24) is 5.32 Å². The van der Waals surface area contributed by atoms with E-state index in [2.05, 4.69) is 11.9 Å². The Kier molecular flexibility index (Phi) is 2.44. The third-order valence-corrected chi connectivity index (χ3v) is 1.88. The Bertz CT molecular complexity index is 264. The second-order valence-corrected chi connectivity index (χ2v) is 2.95. The average molecular weight is 167 g/mol. The Morgan fingerprint density at radius 2 is 2.45 bits per heavy atom. The third kappa shape index (κ3) is 2.20. The van der Waals surface area contributed by atoms with Crippen molar-refractivity contribution in [2.75, 3.05) is 0 Å². The van der Waals surface area contributed by atoms with Crippen LogP contribution in [-0.4, -0.2) is 5.91 Å². The van der Waals surface area contributed by atoms with Crippen LogP contribution in [0.1, 0.15) is 12.5 Å². The maximum Gasteiger partial charge on any atom is 0.221 e. The molecule has 0 aromatic carbocycles. The van der Waals surface area contributed by atoms with Gasteiger partial charge in [0.15, 0.2) is 0 Å². The molecule has 0 aliphatic rings. The quantitative estimate of drug-likeness (QED) is 0.715. The molecule has 1 amide bonds. The molecule has 0 radical (unpaired) electrons. The first-order chi connectivity index (χ1) is 5.20. The lowest BCUT2D eigenvalue weighted by atomic mass is 10.3. The van der Waals surface area contributed by atoms with E-state index in [0.717, 1.165) is 5.56 Å². The van der Waals surface area contributed by atoms with Crippen LogP contribution in [0.25, 0.3) is 5.70 Å². The Morgan fingerprint density at radius 3 is 2.91 bits per heavy atom. The van der Waals surface area contributed by atoms with Gasteiger partial charge < -0.3 is 5.32 Å². The lowest BCUT2D eigenvalue weighted by molar-refractivity contribution is -0.117. The Hall–Kier alpha value is -1.09. The number of carbonyl (C=O) groups excluding carboxylic acids is 1. The highest BCUT2D eigenvalue weighted by Gasteiger charge is 1.99. The van der Waals surface area contributed by atoms with Gasteiger partial charge in [-0.3, -0.25) is 4.79 Å². The average Bonchev–Trinajstić information content (AvgIpc) is 2.35. The fourth-order valence-electron chi connectivity index (χ4n) is 0.721. The Morgan fingerprint density at radius 1 is 1.73 bits per heavy atom. The van der Waals surface area contributed by atoms with Crippen molar-refractivity contribution in [3.05, 3.63) is 29.0 Å². The summed E-state index contributed by atoms with van der Waals surface area (Å²) in [6.45, 7) is 5.18. The first kappa shape index (κ1) is 8.01. The highest BCUT2D eigenvalue weighted by Crippen LogP contribution is 2.12. The van der Waals surface area contributed by atoms with Gasteiger partial charge in [-0.1, -0.05) is 6.58 Å². The summed E-state index contributed by atoms with van der Waals surface area (Å²) < 4.78 is 0. The van der Waals surface area contributed by atoms with Gasteiger partial charge in [0, 0.05) is 18.2 Å². The first-order valence-corrected chi connectivity index (χ1v) is 4.13. The van der Waals surface area contributed by atoms with E-state index in [1.54, 1.807) is 11.3 Å². The van der Waals surface area contributed by atoms with E-state index in [1.807, 2.05) is 16.8 Å². The van der Waals surface area contributed by atoms with Gasteiger partial charge in [0.25, 0.3) is 0 Å². The molecule has 0 bridgehead atoms. The van der Waals surface area contributed by atoms with Gasteiger partial charge in [-0.15, -0.1) is 0 Å². The van der Waals surface area contributed by atoms with Crippen molar-refractivity contribution in [2.45, 2.75) is 6.92 Å². The van der Waals surface area contributed by atoms with Crippen LogP contribution in [0.2, 0.25) is 0 Å². The minimum absolute atomic E-state index is 0.0822. The normalized spacial score (nSPS) is 9.18. The zero-order valence-corrected chi connectivity index (χ0v) is 7.07. The molecule has 1 aromatic heterocycles. The highest BCUT2D eigenvalue weighted by molar-refractivity contribution is 7.08. The van der Waals surface area contributed by atoms with E-state index in [-0.39, 0.29) is 5.91 Å². The molecule has 0 aliphatic carbocycles. The number of hydrogen-bond acceptors (Lipinski definition) is 2. The summed E-state index contributed by atoms with van der Waals surface area (Å²) in [6, 6.07) is 1.92. The molecular weight excluding hydrogens is 158 g/mol. The summed E-state index contributed by atoms with van der Waals surface area (Å²) in [5.74, 6) is -0.0822. The molecule has 1 aromatic rings. The lowest BCUT2D eigenvalue weighted by Crippen LogP contribution is -2.16. The second-order valence-electron chi connectivity index (χ2n) is 2.17. The monoisotopic (exact) mass is 167 g/mol. The predicted octanol–water partition coefficient (Wildman–Crippen LogP) is 1.85. The summed E-state index contributed by atoms with van der Waals surface area (Å²) in [5.41, 5.74) is 1.64. The summed E-state index contributed by atoms with van der Waals surface area (Å²) in [7, 11) is 0. The van der Waals surface area contributed by atoms with Gasteiger partial charge in [0.05, 0.1) is 0 Å². The second kappa shape index (κ2) is 3.34. The van der Waals surface area contributed by atoms with Crippen LogP contribution in [0.3, 0.4) is 0 Å². The molecule has 0 saturated carbocycles. The molecular formula is C8H9NOS. The van der Waals surface area contributed by atoms with Crippen LogP contribution in [0.5, 0.6) is 0 Å². The molecule has 2 nitrogen and oxygen atoms in total. The van der Waals surface area contributed by atoms with Crippen LogP contribution in [-0.2, 0) is 4.79 Å². The number of carbonyl (C=O) groups is 1. The number of hydrogen-bond donors (Lipinski definition) is 1. The van der Waals surface area contributed by atoms with Crippen molar-refractivity contribution in [3.63, 3.8) is 0 Å². The minimum atomic E-state index is -0.0822. The highest BCUT2D eigenvalue weighted by atomic mass is 32.1. The van der Waals surface area contributed by atoms with Crippen molar-refractivity contribution >= 4 is 22.9 Å². The molecule has 11 heavy (non-hydrogen) atoms. The van der Waals surface area contributed by atoms with Gasteiger partial charge in [0.1, 0.15) is 0 Å². The summed E-state index contributed by atoms with van der Waals surface area (Å²) in [6.07, 6.45) is 0. The van der Waals surface area contributed by atoms with E-state index in [4.69, 9.17) is 0 Å². The van der Waals surface area contributed by atoms with E-state index >= 15 is 0 Å². The maximum atomic E-state index is 10.6. The van der Waals surface area contributed by atoms with Gasteiger partial charge in [0.2, 0.25) is 5.91 Å². The molecule has 0 unspecified atom stereocenters. The number of thiophene rings is 1. The molecule has 58 valence electrons. The van der Waals surface area contributed by atoms with Crippen LogP contribution >= 0.6 is 11.3 Å². The molecule has 1 rings (SSSR count). The van der Waals surface area contributed by atoms with Gasteiger partial charge in [-0.05, 0) is 16.8 Å². The smallest absolute Gasteiger partial charge is 0.221 e. The minimum Gasteiger partial charge on any atom is -0.326 e. The summed E-state index contributed by atoms with van der Waals surface area (Å²) >= 11 is 1.58. The topological polar surface area (TPSA) is 29.1 Å². The molecule has 1 N–H and O–H groups in total. The van der Waals surface area contributed by atoms with Gasteiger partial charge in [-0.25, -0.2) is 0 Å². The third-order valence-electron chi connectivity index (χ3n) is 1.20. The molecule has 0 atom stereocenters. The molecule has 0 spiro atoms. The van der Waals surface area contributed by atoms with Gasteiger partial charge in [-0.2, -0.15) is 11.3 Å². The summed E-state index contributed by atoms with van der Waals surface area (Å²) in [4.78, 5) is 10.6. The number of rotatable bonds is 2. The van der Waals surface area contributed by atoms with Crippen LogP contribution < -0.4 is 5.32 Å². The lowest BCUT2D eigenvalue weighted by Gasteiger charge is -2.01. The zero-order chi connectivity index (χ0) is 8.27. The first-order valence-electron chi connectivity index (χ1n) is 3.19. The van der Waals surface area contributed by atoms with Crippen molar-refractivity contribution in [1.29, 1.82) is 0 Å². The van der Waals surface area contributed by atoms with Crippen LogP contribution in [0.4, 0.5) is 0 Å². The van der Waals surface area contributed by atoms with Crippen molar-refractivity contribution in [2.24, 2.45) is 0 Å². The van der Waals surface area contributed by atoms with E-state index < -0.39 is 0 Å². The van der Waals surface area contributed by atoms with Crippen molar-refractivity contribution < 1.29 is 4.79 Å². The van der Waals surface area contributed by atoms with E-state index in [9.17, 15) is 4.79 Å². The maximum absolute atomic E-state index is 10.6. The van der Waals surface area contributed by atoms with Crippen molar-refractivity contribution in [3.8, 4) is 0 Å². The molecule has 0 aliphatic heterocycles. The van der Waals surface area contributed by atoms with E-state index in [1.165, 1.54) is 6.92 Å². The number of nitrogens with one attached hydrogen (secondary N) is 1. The SMILES string of the molecule is C=C(NC(C)=O)c1ccsc1. The predicted molar refractivity (Wildman–Crippen MR) is 47.2 cm³/mol. The van der Waals surface area contributed by atoms with Gasteiger partial charge >= 0.3 is 0 Å². The number of amides is 1. The van der Waals surface area contributed by atoms with Crippen LogP contribution in [0, 0.1) is 0 Å². The van der Waals surface area contributed by atoms with E-state index in [0.29, 0.717) is 5.70 Å². The van der Waals surface area contributed by atoms with Crippen LogP contribution in [0.15, 0.2) is 23.4 Å². The standard InChI is InChI=1S/C8H9NOS/c1-6(9-7(2)10)8-3-4-11-5-8/h3-5H,1H2,2H3,(H,9,10). The molecule has 1 heterocycles. The Balaban J connectivity index is 2.64. The largest absolute Gasteiger partial charge is 0.326 e. The fraction of sp³-hybridized carbons (Fsp3) is 0.125. The molecule has 3 heteroatoms. The molecule has 0 saturated heterocycles. The fourth-order valence-corrected chi connectivity index (χ4v) is 1.39. The Labute approximate surface area is 69.6 Å². The molecule has 0 fully saturated rings. The zero-order valence-electron chi connectivity index (χ0n) is 6.26. The summed E-state index contributed by atoms with van der Waals surface area (Å²) in [5, 5.41) is 6.51.